The number of imidazole rings is 1. The van der Waals surface area contributed by atoms with Gasteiger partial charge in [0.1, 0.15) is 41.3 Å². The highest BCUT2D eigenvalue weighted by Crippen LogP contribution is 2.39. The van der Waals surface area contributed by atoms with E-state index in [1.165, 1.54) is 11.1 Å². The fraction of sp³-hybridized carbons (Fsp3) is 0.469. The standard InChI is InChI=1S/C32H41ClN4O6/c1-31(2,3)23-13-22(26(14-24(23)33)42-18-19-9-11-21(41-8)12-10-19)27(38)28-34-15-25(36(28)7)29(39)35-20-16-37(17-20)30(40)43-32(4,5)6/h9-15,20,27,38H,16-18H2,1-8H3,(H,35,39). The van der Waals surface area contributed by atoms with Crippen molar-refractivity contribution in [3.05, 3.63) is 75.8 Å². The number of nitrogens with one attached hydrogen (secondary N) is 1. The molecule has 0 radical (unpaired) electrons. The van der Waals surface area contributed by atoms with Crippen molar-refractivity contribution < 1.29 is 28.9 Å². The maximum atomic E-state index is 13.1. The van der Waals surface area contributed by atoms with Crippen LogP contribution in [0, 0.1) is 0 Å². The first-order valence-electron chi connectivity index (χ1n) is 14.2. The Labute approximate surface area is 257 Å². The normalized spacial score (nSPS) is 14.6. The molecule has 1 aromatic heterocycles. The molecular formula is C32H41ClN4O6. The van der Waals surface area contributed by atoms with E-state index < -0.39 is 17.8 Å². The summed E-state index contributed by atoms with van der Waals surface area (Å²) in [5.74, 6) is 1.06. The molecule has 1 saturated heterocycles. The molecule has 2 N–H and O–H groups in total. The van der Waals surface area contributed by atoms with Gasteiger partial charge >= 0.3 is 6.09 Å². The summed E-state index contributed by atoms with van der Waals surface area (Å²) in [6.07, 6.45) is -0.190. The smallest absolute Gasteiger partial charge is 0.410 e. The van der Waals surface area contributed by atoms with Gasteiger partial charge in [0, 0.05) is 30.7 Å². The average Bonchev–Trinajstić information content (AvgIpc) is 3.28. The van der Waals surface area contributed by atoms with Crippen LogP contribution in [0.1, 0.15) is 80.6 Å². The number of halogens is 1. The molecule has 11 heteroatoms. The molecule has 0 saturated carbocycles. The quantitative estimate of drug-likeness (QED) is 0.350. The summed E-state index contributed by atoms with van der Waals surface area (Å²) >= 11 is 6.68. The topological polar surface area (TPSA) is 115 Å². The Hall–Kier alpha value is -3.76. The zero-order chi connectivity index (χ0) is 31.7. The van der Waals surface area contributed by atoms with Crippen molar-refractivity contribution in [3.63, 3.8) is 0 Å². The largest absolute Gasteiger partial charge is 0.497 e. The SMILES string of the molecule is COc1ccc(COc2cc(Cl)c(C(C)(C)C)cc2C(O)c2ncc(C(=O)NC3CN(C(=O)OC(C)(C)C)C3)n2C)cc1. The summed E-state index contributed by atoms with van der Waals surface area (Å²) in [5, 5.41) is 15.1. The lowest BCUT2D eigenvalue weighted by Gasteiger charge is -2.39. The highest BCUT2D eigenvalue weighted by atomic mass is 35.5. The third-order valence-corrected chi connectivity index (χ3v) is 7.44. The van der Waals surface area contributed by atoms with Crippen LogP contribution in [-0.4, -0.2) is 63.4 Å². The van der Waals surface area contributed by atoms with Gasteiger partial charge in [-0.2, -0.15) is 0 Å². The molecular weight excluding hydrogens is 572 g/mol. The summed E-state index contributed by atoms with van der Waals surface area (Å²) in [7, 11) is 3.28. The molecule has 0 bridgehead atoms. The number of carbonyl (C=O) groups excluding carboxylic acids is 2. The molecule has 1 atom stereocenters. The molecule has 1 unspecified atom stereocenters. The number of likely N-dealkylation sites (tertiary alicyclic amines) is 1. The van der Waals surface area contributed by atoms with E-state index in [0.29, 0.717) is 29.4 Å². The Morgan fingerprint density at radius 2 is 1.77 bits per heavy atom. The second kappa shape index (κ2) is 12.5. The molecule has 1 aliphatic heterocycles. The summed E-state index contributed by atoms with van der Waals surface area (Å²) in [5.41, 5.74) is 1.62. The van der Waals surface area contributed by atoms with Crippen molar-refractivity contribution in [1.82, 2.24) is 19.8 Å². The van der Waals surface area contributed by atoms with Crippen molar-refractivity contribution in [2.24, 2.45) is 7.05 Å². The molecule has 2 amide bonds. The Morgan fingerprint density at radius 3 is 2.35 bits per heavy atom. The minimum Gasteiger partial charge on any atom is -0.497 e. The lowest BCUT2D eigenvalue weighted by molar-refractivity contribution is 0.00528. The Kier molecular flexibility index (Phi) is 9.32. The highest BCUT2D eigenvalue weighted by molar-refractivity contribution is 6.31. The number of aliphatic hydroxyl groups excluding tert-OH is 1. The number of aromatic nitrogens is 2. The molecule has 4 rings (SSSR count). The molecule has 232 valence electrons. The van der Waals surface area contributed by atoms with E-state index in [1.54, 1.807) is 24.8 Å². The Morgan fingerprint density at radius 1 is 1.12 bits per heavy atom. The van der Waals surface area contributed by atoms with Gasteiger partial charge in [0.2, 0.25) is 0 Å². The Balaban J connectivity index is 1.52. The first kappa shape index (κ1) is 32.2. The second-order valence-corrected chi connectivity index (χ2v) is 13.2. The van der Waals surface area contributed by atoms with Crippen LogP contribution in [0.4, 0.5) is 4.79 Å². The van der Waals surface area contributed by atoms with E-state index in [2.05, 4.69) is 10.3 Å². The van der Waals surface area contributed by atoms with Gasteiger partial charge in [-0.3, -0.25) is 4.79 Å². The van der Waals surface area contributed by atoms with E-state index in [1.807, 2.05) is 71.9 Å². The van der Waals surface area contributed by atoms with Crippen molar-refractivity contribution in [2.75, 3.05) is 20.2 Å². The molecule has 2 heterocycles. The third-order valence-electron chi connectivity index (χ3n) is 7.13. The lowest BCUT2D eigenvalue weighted by atomic mass is 9.85. The van der Waals surface area contributed by atoms with Crippen LogP contribution in [0.25, 0.3) is 0 Å². The number of methoxy groups -OCH3 is 1. The van der Waals surface area contributed by atoms with Crippen LogP contribution in [0.3, 0.4) is 0 Å². The predicted molar refractivity (Wildman–Crippen MR) is 164 cm³/mol. The summed E-state index contributed by atoms with van der Waals surface area (Å²) in [6.45, 7) is 12.5. The van der Waals surface area contributed by atoms with Gasteiger partial charge in [0.25, 0.3) is 5.91 Å². The molecule has 2 aromatic carbocycles. The van der Waals surface area contributed by atoms with Crippen molar-refractivity contribution >= 4 is 23.6 Å². The lowest BCUT2D eigenvalue weighted by Crippen LogP contribution is -2.61. The van der Waals surface area contributed by atoms with Crippen molar-refractivity contribution in [2.45, 2.75) is 71.3 Å². The number of amides is 2. The minimum atomic E-state index is -1.21. The van der Waals surface area contributed by atoms with Gasteiger partial charge in [-0.1, -0.05) is 44.5 Å². The Bertz CT molecular complexity index is 1470. The van der Waals surface area contributed by atoms with Crippen LogP contribution in [-0.2, 0) is 23.8 Å². The predicted octanol–water partition coefficient (Wildman–Crippen LogP) is 5.39. The van der Waals surface area contributed by atoms with E-state index in [4.69, 9.17) is 25.8 Å². The zero-order valence-corrected chi connectivity index (χ0v) is 26.8. The molecule has 1 aliphatic rings. The van der Waals surface area contributed by atoms with Gasteiger partial charge < -0.3 is 34.1 Å². The number of nitrogens with zero attached hydrogens (tertiary/aromatic N) is 3. The first-order valence-corrected chi connectivity index (χ1v) is 14.5. The number of hydrogen-bond donors (Lipinski definition) is 2. The van der Waals surface area contributed by atoms with Gasteiger partial charge in [-0.25, -0.2) is 9.78 Å². The molecule has 0 aliphatic carbocycles. The molecule has 10 nitrogen and oxygen atoms in total. The van der Waals surface area contributed by atoms with Crippen LogP contribution in [0.2, 0.25) is 5.02 Å². The average molecular weight is 613 g/mol. The highest BCUT2D eigenvalue weighted by Gasteiger charge is 2.35. The maximum absolute atomic E-state index is 13.1. The molecule has 1 fully saturated rings. The summed E-state index contributed by atoms with van der Waals surface area (Å²) < 4.78 is 18.3. The van der Waals surface area contributed by atoms with Gasteiger partial charge in [-0.05, 0) is 61.6 Å². The van der Waals surface area contributed by atoms with E-state index in [0.717, 1.165) is 16.9 Å². The van der Waals surface area contributed by atoms with Crippen LogP contribution >= 0.6 is 11.6 Å². The van der Waals surface area contributed by atoms with Crippen molar-refractivity contribution in [1.29, 1.82) is 0 Å². The monoisotopic (exact) mass is 612 g/mol. The number of hydrogen-bond acceptors (Lipinski definition) is 7. The molecule has 43 heavy (non-hydrogen) atoms. The molecule has 0 spiro atoms. The van der Waals surface area contributed by atoms with Crippen LogP contribution in [0.5, 0.6) is 11.5 Å². The summed E-state index contributed by atoms with van der Waals surface area (Å²) in [6, 6.07) is 10.8. The third kappa shape index (κ3) is 7.61. The first-order chi connectivity index (χ1) is 20.1. The van der Waals surface area contributed by atoms with Gasteiger partial charge in [-0.15, -0.1) is 0 Å². The van der Waals surface area contributed by atoms with Crippen LogP contribution in [0.15, 0.2) is 42.6 Å². The van der Waals surface area contributed by atoms with E-state index in [-0.39, 0.29) is 35.5 Å². The second-order valence-electron chi connectivity index (χ2n) is 12.8. The molecule has 3 aromatic rings. The van der Waals surface area contributed by atoms with E-state index >= 15 is 0 Å². The number of aliphatic hydroxyl groups is 1. The van der Waals surface area contributed by atoms with Crippen molar-refractivity contribution in [3.8, 4) is 11.5 Å². The van der Waals surface area contributed by atoms with Crippen LogP contribution < -0.4 is 14.8 Å². The zero-order valence-electron chi connectivity index (χ0n) is 26.0. The minimum absolute atomic E-state index is 0.216. The number of ether oxygens (including phenoxy) is 3. The number of rotatable bonds is 8. The number of carbonyl (C=O) groups is 2. The van der Waals surface area contributed by atoms with Gasteiger partial charge in [0.05, 0.1) is 19.3 Å². The fourth-order valence-corrected chi connectivity index (χ4v) is 5.14. The maximum Gasteiger partial charge on any atom is 0.410 e. The number of benzene rings is 2. The van der Waals surface area contributed by atoms with E-state index in [9.17, 15) is 14.7 Å². The van der Waals surface area contributed by atoms with Gasteiger partial charge in [0.15, 0.2) is 0 Å². The fourth-order valence-electron chi connectivity index (χ4n) is 4.70. The summed E-state index contributed by atoms with van der Waals surface area (Å²) in [4.78, 5) is 31.3.